The van der Waals surface area contributed by atoms with Crippen LogP contribution in [0.3, 0.4) is 0 Å². The van der Waals surface area contributed by atoms with E-state index in [0.717, 1.165) is 42.8 Å². The Hall–Kier alpha value is -2.56. The highest BCUT2D eigenvalue weighted by Gasteiger charge is 2.29. The third kappa shape index (κ3) is 5.28. The van der Waals surface area contributed by atoms with Crippen LogP contribution in [0, 0.1) is 0 Å². The molecule has 0 saturated carbocycles. The number of carbonyl (C=O) groups excluding carboxylic acids is 1. The summed E-state index contributed by atoms with van der Waals surface area (Å²) in [7, 11) is 0. The molecule has 1 amide bonds. The molecular formula is C24H33N3O2. The minimum Gasteiger partial charge on any atom is -0.445 e. The van der Waals surface area contributed by atoms with Gasteiger partial charge in [0.1, 0.15) is 12.4 Å². The SMILES string of the molecule is CC(C)N(c1ccc(C2CCCCN2C(=O)OCc2ccccc2)cn1)C(C)C. The molecule has 2 heterocycles. The minimum atomic E-state index is -0.242. The zero-order valence-electron chi connectivity index (χ0n) is 18.0. The molecule has 3 rings (SSSR count). The number of piperidine rings is 1. The molecule has 1 aromatic carbocycles. The summed E-state index contributed by atoms with van der Waals surface area (Å²) >= 11 is 0. The molecule has 1 aliphatic rings. The number of benzene rings is 1. The minimum absolute atomic E-state index is 0.0279. The molecule has 156 valence electrons. The Balaban J connectivity index is 1.71. The Morgan fingerprint density at radius 3 is 2.45 bits per heavy atom. The molecule has 1 atom stereocenters. The van der Waals surface area contributed by atoms with E-state index >= 15 is 0 Å². The highest BCUT2D eigenvalue weighted by Crippen LogP contribution is 2.32. The molecule has 1 aliphatic heterocycles. The summed E-state index contributed by atoms with van der Waals surface area (Å²) in [6.45, 7) is 9.76. The number of anilines is 1. The Morgan fingerprint density at radius 1 is 1.10 bits per heavy atom. The topological polar surface area (TPSA) is 45.7 Å². The fourth-order valence-electron chi connectivity index (χ4n) is 4.17. The number of nitrogens with zero attached hydrogens (tertiary/aromatic N) is 3. The monoisotopic (exact) mass is 395 g/mol. The zero-order valence-corrected chi connectivity index (χ0v) is 18.0. The van der Waals surface area contributed by atoms with Gasteiger partial charge in [0, 0.05) is 24.8 Å². The van der Waals surface area contributed by atoms with Crippen molar-refractivity contribution in [3.05, 3.63) is 59.8 Å². The quantitative estimate of drug-likeness (QED) is 0.641. The molecule has 1 unspecified atom stereocenters. The van der Waals surface area contributed by atoms with Crippen LogP contribution in [0.2, 0.25) is 0 Å². The second-order valence-corrected chi connectivity index (χ2v) is 8.29. The van der Waals surface area contributed by atoms with Gasteiger partial charge in [0.2, 0.25) is 0 Å². The summed E-state index contributed by atoms with van der Waals surface area (Å²) in [5, 5.41) is 0. The second-order valence-electron chi connectivity index (χ2n) is 8.29. The number of aromatic nitrogens is 1. The van der Waals surface area contributed by atoms with Gasteiger partial charge in [0.25, 0.3) is 0 Å². The first-order valence-corrected chi connectivity index (χ1v) is 10.7. The lowest BCUT2D eigenvalue weighted by Crippen LogP contribution is -2.39. The molecular weight excluding hydrogens is 362 g/mol. The summed E-state index contributed by atoms with van der Waals surface area (Å²) in [6, 6.07) is 14.8. The second kappa shape index (κ2) is 9.77. The van der Waals surface area contributed by atoms with Gasteiger partial charge >= 0.3 is 6.09 Å². The van der Waals surface area contributed by atoms with Gasteiger partial charge in [0.05, 0.1) is 6.04 Å². The van der Waals surface area contributed by atoms with Crippen LogP contribution in [0.5, 0.6) is 0 Å². The molecule has 0 radical (unpaired) electrons. The van der Waals surface area contributed by atoms with E-state index in [4.69, 9.17) is 9.72 Å². The van der Waals surface area contributed by atoms with E-state index in [1.807, 2.05) is 41.4 Å². The van der Waals surface area contributed by atoms with Gasteiger partial charge in [-0.05, 0) is 64.2 Å². The molecule has 1 fully saturated rings. The van der Waals surface area contributed by atoms with Gasteiger partial charge < -0.3 is 14.5 Å². The standard InChI is InChI=1S/C24H33N3O2/c1-18(2)27(19(3)4)23-14-13-21(16-25-23)22-12-8-9-15-26(22)24(28)29-17-20-10-6-5-7-11-20/h5-7,10-11,13-14,16,18-19,22H,8-9,12,15,17H2,1-4H3. The van der Waals surface area contributed by atoms with Gasteiger partial charge in [-0.1, -0.05) is 36.4 Å². The van der Waals surface area contributed by atoms with Crippen LogP contribution < -0.4 is 4.90 Å². The van der Waals surface area contributed by atoms with Crippen molar-refractivity contribution in [1.29, 1.82) is 0 Å². The van der Waals surface area contributed by atoms with Gasteiger partial charge in [-0.25, -0.2) is 9.78 Å². The van der Waals surface area contributed by atoms with Crippen LogP contribution in [0.1, 0.15) is 64.1 Å². The van der Waals surface area contributed by atoms with E-state index in [2.05, 4.69) is 44.7 Å². The maximum atomic E-state index is 12.8. The van der Waals surface area contributed by atoms with E-state index in [9.17, 15) is 4.79 Å². The smallest absolute Gasteiger partial charge is 0.410 e. The van der Waals surface area contributed by atoms with Gasteiger partial charge in [-0.15, -0.1) is 0 Å². The molecule has 5 nitrogen and oxygen atoms in total. The molecule has 0 bridgehead atoms. The molecule has 29 heavy (non-hydrogen) atoms. The first-order valence-electron chi connectivity index (χ1n) is 10.7. The summed E-state index contributed by atoms with van der Waals surface area (Å²) < 4.78 is 5.60. The maximum Gasteiger partial charge on any atom is 0.410 e. The van der Waals surface area contributed by atoms with Crippen LogP contribution in [0.25, 0.3) is 0 Å². The fraction of sp³-hybridized carbons (Fsp3) is 0.500. The largest absolute Gasteiger partial charge is 0.445 e. The number of amides is 1. The zero-order chi connectivity index (χ0) is 20.8. The molecule has 5 heteroatoms. The third-order valence-corrected chi connectivity index (χ3v) is 5.48. The Bertz CT molecular complexity index is 766. The van der Waals surface area contributed by atoms with Crippen LogP contribution in [-0.2, 0) is 11.3 Å². The van der Waals surface area contributed by atoms with Crippen LogP contribution in [-0.4, -0.2) is 34.6 Å². The molecule has 2 aromatic rings. The van der Waals surface area contributed by atoms with E-state index in [1.54, 1.807) is 0 Å². The number of hydrogen-bond acceptors (Lipinski definition) is 4. The molecule has 0 spiro atoms. The van der Waals surface area contributed by atoms with Gasteiger partial charge in [-0.2, -0.15) is 0 Å². The lowest BCUT2D eigenvalue weighted by molar-refractivity contribution is 0.0678. The number of likely N-dealkylation sites (tertiary alicyclic amines) is 1. The summed E-state index contributed by atoms with van der Waals surface area (Å²) in [5.41, 5.74) is 2.08. The van der Waals surface area contributed by atoms with Crippen molar-refractivity contribution < 1.29 is 9.53 Å². The highest BCUT2D eigenvalue weighted by molar-refractivity contribution is 5.68. The van der Waals surface area contributed by atoms with Crippen molar-refractivity contribution in [2.45, 2.75) is 71.7 Å². The lowest BCUT2D eigenvalue weighted by atomic mass is 9.97. The van der Waals surface area contributed by atoms with Crippen molar-refractivity contribution in [2.24, 2.45) is 0 Å². The van der Waals surface area contributed by atoms with E-state index in [-0.39, 0.29) is 12.1 Å². The summed E-state index contributed by atoms with van der Waals surface area (Å²) in [4.78, 5) is 21.7. The fourth-order valence-corrected chi connectivity index (χ4v) is 4.17. The van der Waals surface area contributed by atoms with Crippen molar-refractivity contribution in [3.8, 4) is 0 Å². The maximum absolute atomic E-state index is 12.8. The van der Waals surface area contributed by atoms with Gasteiger partial charge in [-0.3, -0.25) is 0 Å². The average Bonchev–Trinajstić information content (AvgIpc) is 2.73. The van der Waals surface area contributed by atoms with Crippen LogP contribution in [0.4, 0.5) is 10.6 Å². The number of carbonyl (C=O) groups is 1. The molecule has 0 aliphatic carbocycles. The highest BCUT2D eigenvalue weighted by atomic mass is 16.6. The number of hydrogen-bond donors (Lipinski definition) is 0. The summed E-state index contributed by atoms with van der Waals surface area (Å²) in [6.07, 6.45) is 4.75. The molecule has 1 saturated heterocycles. The van der Waals surface area contributed by atoms with Crippen LogP contribution in [0.15, 0.2) is 48.7 Å². The molecule has 0 N–H and O–H groups in total. The van der Waals surface area contributed by atoms with E-state index < -0.39 is 0 Å². The average molecular weight is 396 g/mol. The molecule has 1 aromatic heterocycles. The summed E-state index contributed by atoms with van der Waals surface area (Å²) in [5.74, 6) is 0.979. The van der Waals surface area contributed by atoms with E-state index in [0.29, 0.717) is 18.7 Å². The van der Waals surface area contributed by atoms with Crippen molar-refractivity contribution in [2.75, 3.05) is 11.4 Å². The van der Waals surface area contributed by atoms with E-state index in [1.165, 1.54) is 0 Å². The Kier molecular flexibility index (Phi) is 7.13. The predicted octanol–water partition coefficient (Wildman–Crippen LogP) is 5.57. The lowest BCUT2D eigenvalue weighted by Gasteiger charge is -2.36. The first-order chi connectivity index (χ1) is 14.0. The number of rotatable bonds is 6. The van der Waals surface area contributed by atoms with Gasteiger partial charge in [0.15, 0.2) is 0 Å². The third-order valence-electron chi connectivity index (χ3n) is 5.48. The number of pyridine rings is 1. The Morgan fingerprint density at radius 2 is 1.83 bits per heavy atom. The van der Waals surface area contributed by atoms with Crippen LogP contribution >= 0.6 is 0 Å². The van der Waals surface area contributed by atoms with Crippen molar-refractivity contribution in [3.63, 3.8) is 0 Å². The first kappa shape index (κ1) is 21.2. The predicted molar refractivity (Wildman–Crippen MR) is 117 cm³/mol. The van der Waals surface area contributed by atoms with Crippen molar-refractivity contribution >= 4 is 11.9 Å². The van der Waals surface area contributed by atoms with Crippen molar-refractivity contribution in [1.82, 2.24) is 9.88 Å². The Labute approximate surface area is 174 Å². The normalized spacial score (nSPS) is 16.9. The number of ether oxygens (including phenoxy) is 1.